The van der Waals surface area contributed by atoms with Gasteiger partial charge in [0.1, 0.15) is 0 Å². The number of carbonyl (C=O) groups is 1. The van der Waals surface area contributed by atoms with Crippen LogP contribution in [0.25, 0.3) is 0 Å². The Kier molecular flexibility index (Phi) is 5.10. The van der Waals surface area contributed by atoms with Crippen molar-refractivity contribution in [3.8, 4) is 0 Å². The van der Waals surface area contributed by atoms with Crippen molar-refractivity contribution in [2.75, 3.05) is 25.4 Å². The molecule has 0 bridgehead atoms. The summed E-state index contributed by atoms with van der Waals surface area (Å²) >= 11 is 1.84. The number of benzene rings is 1. The Hall–Kier alpha value is -1.20. The van der Waals surface area contributed by atoms with Gasteiger partial charge in [-0.3, -0.25) is 0 Å². The van der Waals surface area contributed by atoms with Gasteiger partial charge in [-0.15, -0.1) is 11.8 Å². The molecule has 0 spiro atoms. The number of hydrogen-bond donors (Lipinski definition) is 2. The van der Waals surface area contributed by atoms with Crippen LogP contribution in [0.2, 0.25) is 0 Å². The Labute approximate surface area is 118 Å². The van der Waals surface area contributed by atoms with Crippen molar-refractivity contribution in [3.05, 3.63) is 29.8 Å². The van der Waals surface area contributed by atoms with Crippen LogP contribution in [0.3, 0.4) is 0 Å². The van der Waals surface area contributed by atoms with E-state index in [0.717, 1.165) is 12.2 Å². The largest absolute Gasteiger partial charge is 0.395 e. The number of rotatable bonds is 4. The number of hydrogen-bond acceptors (Lipinski definition) is 3. The number of nitrogens with zero attached hydrogens (tertiary/aromatic N) is 1. The molecule has 1 aliphatic heterocycles. The van der Waals surface area contributed by atoms with Crippen LogP contribution < -0.4 is 5.32 Å². The van der Waals surface area contributed by atoms with Crippen LogP contribution in [-0.4, -0.2) is 41.5 Å². The third kappa shape index (κ3) is 3.42. The number of urea groups is 1. The average molecular weight is 280 g/mol. The molecule has 1 aliphatic rings. The first-order chi connectivity index (χ1) is 9.26. The first-order valence-corrected chi connectivity index (χ1v) is 7.62. The van der Waals surface area contributed by atoms with Crippen LogP contribution in [0.5, 0.6) is 0 Å². The maximum Gasteiger partial charge on any atom is 0.317 e. The van der Waals surface area contributed by atoms with Crippen molar-refractivity contribution < 1.29 is 9.90 Å². The maximum atomic E-state index is 12.1. The third-order valence-corrected chi connectivity index (χ3v) is 4.42. The lowest BCUT2D eigenvalue weighted by Crippen LogP contribution is -2.43. The summed E-state index contributed by atoms with van der Waals surface area (Å²) in [5.41, 5.74) is 1.20. The number of fused-ring (bicyclic) bond motifs is 1. The Bertz CT molecular complexity index is 439. The zero-order valence-electron chi connectivity index (χ0n) is 11.1. The van der Waals surface area contributed by atoms with Crippen molar-refractivity contribution in [1.82, 2.24) is 10.2 Å². The van der Waals surface area contributed by atoms with Gasteiger partial charge in [0.25, 0.3) is 0 Å². The lowest BCUT2D eigenvalue weighted by molar-refractivity contribution is 0.176. The predicted octanol–water partition coefficient (Wildman–Crippen LogP) is 2.25. The topological polar surface area (TPSA) is 52.6 Å². The van der Waals surface area contributed by atoms with Crippen molar-refractivity contribution in [2.24, 2.45) is 0 Å². The summed E-state index contributed by atoms with van der Waals surface area (Å²) < 4.78 is 0. The SMILES string of the molecule is CCN(CCO)C(=O)N[C@H]1CCSc2ccccc21. The Balaban J connectivity index is 2.06. The minimum Gasteiger partial charge on any atom is -0.395 e. The second kappa shape index (κ2) is 6.82. The number of thioether (sulfide) groups is 1. The van der Waals surface area contributed by atoms with Gasteiger partial charge in [-0.05, 0) is 25.0 Å². The molecule has 0 aromatic heterocycles. The van der Waals surface area contributed by atoms with E-state index in [4.69, 9.17) is 5.11 Å². The molecule has 0 radical (unpaired) electrons. The van der Waals surface area contributed by atoms with Gasteiger partial charge in [-0.1, -0.05) is 18.2 Å². The second-order valence-electron chi connectivity index (χ2n) is 4.48. The van der Waals surface area contributed by atoms with E-state index in [9.17, 15) is 4.79 Å². The molecular formula is C14H20N2O2S. The molecule has 0 saturated heterocycles. The first kappa shape index (κ1) is 14.2. The highest BCUT2D eigenvalue weighted by atomic mass is 32.2. The molecule has 2 rings (SSSR count). The summed E-state index contributed by atoms with van der Waals surface area (Å²) in [4.78, 5) is 15.0. The van der Waals surface area contributed by atoms with Gasteiger partial charge in [0.05, 0.1) is 12.6 Å². The number of aliphatic hydroxyl groups excluding tert-OH is 1. The fourth-order valence-corrected chi connectivity index (χ4v) is 3.38. The summed E-state index contributed by atoms with van der Waals surface area (Å²) in [5.74, 6) is 1.02. The lowest BCUT2D eigenvalue weighted by atomic mass is 10.0. The third-order valence-electron chi connectivity index (χ3n) is 3.30. The summed E-state index contributed by atoms with van der Waals surface area (Å²) in [5, 5.41) is 12.0. The van der Waals surface area contributed by atoms with Crippen LogP contribution in [0, 0.1) is 0 Å². The number of carbonyl (C=O) groups excluding carboxylic acids is 1. The molecule has 1 aromatic rings. The lowest BCUT2D eigenvalue weighted by Gasteiger charge is -2.29. The molecule has 0 aliphatic carbocycles. The van der Waals surface area contributed by atoms with Gasteiger partial charge in [0.15, 0.2) is 0 Å². The molecule has 0 saturated carbocycles. The van der Waals surface area contributed by atoms with E-state index in [1.54, 1.807) is 4.90 Å². The van der Waals surface area contributed by atoms with Gasteiger partial charge >= 0.3 is 6.03 Å². The van der Waals surface area contributed by atoms with E-state index in [2.05, 4.69) is 17.4 Å². The van der Waals surface area contributed by atoms with Gasteiger partial charge in [0, 0.05) is 23.7 Å². The maximum absolute atomic E-state index is 12.1. The van der Waals surface area contributed by atoms with Crippen molar-refractivity contribution in [3.63, 3.8) is 0 Å². The number of likely N-dealkylation sites (N-methyl/N-ethyl adjacent to an activating group) is 1. The zero-order chi connectivity index (χ0) is 13.7. The van der Waals surface area contributed by atoms with Crippen LogP contribution in [0.4, 0.5) is 4.79 Å². The molecule has 1 aromatic carbocycles. The molecule has 19 heavy (non-hydrogen) atoms. The fraction of sp³-hybridized carbons (Fsp3) is 0.500. The number of amides is 2. The predicted molar refractivity (Wildman–Crippen MR) is 77.4 cm³/mol. The molecule has 1 heterocycles. The highest BCUT2D eigenvalue weighted by Gasteiger charge is 2.23. The van der Waals surface area contributed by atoms with Gasteiger partial charge in [-0.2, -0.15) is 0 Å². The fourth-order valence-electron chi connectivity index (χ4n) is 2.26. The average Bonchev–Trinajstić information content (AvgIpc) is 2.45. The van der Waals surface area contributed by atoms with Crippen LogP contribution >= 0.6 is 11.8 Å². The van der Waals surface area contributed by atoms with Gasteiger partial charge < -0.3 is 15.3 Å². The first-order valence-electron chi connectivity index (χ1n) is 6.64. The van der Waals surface area contributed by atoms with Crippen molar-refractivity contribution in [2.45, 2.75) is 24.3 Å². The monoisotopic (exact) mass is 280 g/mol. The smallest absolute Gasteiger partial charge is 0.317 e. The highest BCUT2D eigenvalue weighted by Crippen LogP contribution is 2.35. The van der Waals surface area contributed by atoms with E-state index < -0.39 is 0 Å². The van der Waals surface area contributed by atoms with Crippen LogP contribution in [0.15, 0.2) is 29.2 Å². The standard InChI is InChI=1S/C14H20N2O2S/c1-2-16(8-9-17)14(18)15-12-7-10-19-13-6-4-3-5-11(12)13/h3-6,12,17H,2,7-10H2,1H3,(H,15,18)/t12-/m0/s1. The molecule has 5 heteroatoms. The van der Waals surface area contributed by atoms with Crippen molar-refractivity contribution >= 4 is 17.8 Å². The van der Waals surface area contributed by atoms with Gasteiger partial charge in [-0.25, -0.2) is 4.79 Å². The number of nitrogens with one attached hydrogen (secondary N) is 1. The number of aliphatic hydroxyl groups is 1. The normalized spacial score (nSPS) is 17.7. The Morgan fingerprint density at radius 2 is 2.32 bits per heavy atom. The molecule has 4 nitrogen and oxygen atoms in total. The Morgan fingerprint density at radius 1 is 1.53 bits per heavy atom. The minimum atomic E-state index is -0.0942. The molecule has 0 unspecified atom stereocenters. The highest BCUT2D eigenvalue weighted by molar-refractivity contribution is 7.99. The van der Waals surface area contributed by atoms with E-state index in [0.29, 0.717) is 13.1 Å². The molecule has 2 N–H and O–H groups in total. The van der Waals surface area contributed by atoms with E-state index >= 15 is 0 Å². The van der Waals surface area contributed by atoms with E-state index in [-0.39, 0.29) is 18.7 Å². The summed E-state index contributed by atoms with van der Waals surface area (Å²) in [7, 11) is 0. The minimum absolute atomic E-state index is 0.00162. The summed E-state index contributed by atoms with van der Waals surface area (Å²) in [6.07, 6.45) is 0.949. The van der Waals surface area contributed by atoms with E-state index in [1.807, 2.05) is 30.8 Å². The molecule has 0 fully saturated rings. The van der Waals surface area contributed by atoms with Gasteiger partial charge in [0.2, 0.25) is 0 Å². The summed E-state index contributed by atoms with van der Waals surface area (Å²) in [6.45, 7) is 2.90. The van der Waals surface area contributed by atoms with E-state index in [1.165, 1.54) is 10.5 Å². The summed E-state index contributed by atoms with van der Waals surface area (Å²) in [6, 6.07) is 8.20. The molecule has 2 amide bonds. The van der Waals surface area contributed by atoms with Crippen LogP contribution in [-0.2, 0) is 0 Å². The van der Waals surface area contributed by atoms with Crippen molar-refractivity contribution in [1.29, 1.82) is 0 Å². The zero-order valence-corrected chi connectivity index (χ0v) is 11.9. The quantitative estimate of drug-likeness (QED) is 0.889. The second-order valence-corrected chi connectivity index (χ2v) is 5.62. The molecular weight excluding hydrogens is 260 g/mol. The van der Waals surface area contributed by atoms with Crippen LogP contribution in [0.1, 0.15) is 24.9 Å². The Morgan fingerprint density at radius 3 is 3.05 bits per heavy atom. The molecule has 1 atom stereocenters. The molecule has 104 valence electrons.